The number of ether oxygens (including phenoxy) is 2. The lowest BCUT2D eigenvalue weighted by molar-refractivity contribution is 0.0697. The first-order valence-corrected chi connectivity index (χ1v) is 11.2. The molecule has 0 saturated carbocycles. The van der Waals surface area contributed by atoms with Crippen molar-refractivity contribution >= 4 is 26.8 Å². The minimum absolute atomic E-state index is 0.0126. The number of hydrogen-bond acceptors (Lipinski definition) is 6. The van der Waals surface area contributed by atoms with Crippen LogP contribution in [0.3, 0.4) is 0 Å². The van der Waals surface area contributed by atoms with Gasteiger partial charge in [0.15, 0.2) is 11.5 Å². The number of imidazole rings is 1. The Balaban J connectivity index is 2.23. The maximum absolute atomic E-state index is 12.8. The molecule has 2 aromatic carbocycles. The molecule has 3 aromatic rings. The van der Waals surface area contributed by atoms with Crippen molar-refractivity contribution in [3.63, 3.8) is 0 Å². The van der Waals surface area contributed by atoms with E-state index >= 15 is 0 Å². The fourth-order valence-corrected chi connectivity index (χ4v) is 4.26. The van der Waals surface area contributed by atoms with Crippen LogP contribution in [0.1, 0.15) is 28.9 Å². The van der Waals surface area contributed by atoms with Crippen molar-refractivity contribution < 1.29 is 27.8 Å². The first-order valence-electron chi connectivity index (χ1n) is 9.10. The number of nitrogens with one attached hydrogen (secondary N) is 1. The van der Waals surface area contributed by atoms with Gasteiger partial charge in [0, 0.05) is 6.26 Å². The van der Waals surface area contributed by atoms with Gasteiger partial charge in [0.2, 0.25) is 0 Å². The third-order valence-electron chi connectivity index (χ3n) is 4.61. The van der Waals surface area contributed by atoms with Crippen LogP contribution in [0.5, 0.6) is 11.5 Å². The maximum Gasteiger partial charge on any atom is 0.335 e. The van der Waals surface area contributed by atoms with Crippen molar-refractivity contribution in [3.05, 3.63) is 58.0 Å². The first-order chi connectivity index (χ1) is 14.1. The van der Waals surface area contributed by atoms with Gasteiger partial charge in [-0.15, -0.1) is 0 Å². The SMILES string of the molecule is CCOc1cc([C@H](CS(C)(=O)=O)n2c(=O)[nH]c3cc(C(=O)O)ccc32)ccc1OC. The quantitative estimate of drug-likeness (QED) is 0.555. The molecule has 2 N–H and O–H groups in total. The van der Waals surface area contributed by atoms with Gasteiger partial charge in [0.1, 0.15) is 9.84 Å². The first kappa shape index (κ1) is 21.4. The van der Waals surface area contributed by atoms with Gasteiger partial charge in [0.05, 0.1) is 42.1 Å². The van der Waals surface area contributed by atoms with Gasteiger partial charge >= 0.3 is 11.7 Å². The third kappa shape index (κ3) is 4.33. The predicted octanol–water partition coefficient (Wildman–Crippen LogP) is 2.07. The van der Waals surface area contributed by atoms with E-state index in [1.807, 2.05) is 6.92 Å². The van der Waals surface area contributed by atoms with Crippen molar-refractivity contribution in [3.8, 4) is 11.5 Å². The van der Waals surface area contributed by atoms with Crippen molar-refractivity contribution in [2.24, 2.45) is 0 Å². The number of fused-ring (bicyclic) bond motifs is 1. The molecule has 10 heteroatoms. The predicted molar refractivity (Wildman–Crippen MR) is 112 cm³/mol. The number of benzene rings is 2. The van der Waals surface area contributed by atoms with E-state index in [2.05, 4.69) is 4.98 Å². The summed E-state index contributed by atoms with van der Waals surface area (Å²) in [5, 5.41) is 9.19. The molecule has 0 amide bonds. The zero-order valence-electron chi connectivity index (χ0n) is 16.7. The molecule has 0 aliphatic rings. The van der Waals surface area contributed by atoms with Crippen LogP contribution in [-0.4, -0.2) is 54.8 Å². The van der Waals surface area contributed by atoms with Gasteiger partial charge in [0.25, 0.3) is 0 Å². The number of carboxylic acids is 1. The number of aromatic amines is 1. The molecule has 1 aromatic heterocycles. The molecule has 3 rings (SSSR count). The molecule has 0 spiro atoms. The van der Waals surface area contributed by atoms with Gasteiger partial charge in [-0.2, -0.15) is 0 Å². The number of carboxylic acid groups (broad SMARTS) is 1. The van der Waals surface area contributed by atoms with Crippen molar-refractivity contribution in [2.75, 3.05) is 25.7 Å². The number of nitrogens with zero attached hydrogens (tertiary/aromatic N) is 1. The van der Waals surface area contributed by atoms with Crippen LogP contribution in [0.15, 0.2) is 41.2 Å². The highest BCUT2D eigenvalue weighted by Gasteiger charge is 2.25. The fraction of sp³-hybridized carbons (Fsp3) is 0.300. The second-order valence-corrected chi connectivity index (χ2v) is 8.97. The van der Waals surface area contributed by atoms with E-state index in [1.165, 1.54) is 29.9 Å². The lowest BCUT2D eigenvalue weighted by Crippen LogP contribution is -2.28. The van der Waals surface area contributed by atoms with E-state index in [4.69, 9.17) is 9.47 Å². The molecular formula is C20H22N2O7S. The molecule has 0 aliphatic heterocycles. The van der Waals surface area contributed by atoms with E-state index in [-0.39, 0.29) is 11.3 Å². The zero-order valence-corrected chi connectivity index (χ0v) is 17.5. The standard InChI is InChI=1S/C20H22N2O7S/c1-4-29-18-10-12(6-8-17(18)28-2)16(11-30(3,26)27)22-15-7-5-13(19(23)24)9-14(15)21-20(22)25/h5-10,16H,4,11H2,1-3H3,(H,21,25)(H,23,24)/t16-/m0/s1. The highest BCUT2D eigenvalue weighted by atomic mass is 32.2. The summed E-state index contributed by atoms with van der Waals surface area (Å²) in [6, 6.07) is 8.31. The molecule has 0 unspecified atom stereocenters. The molecule has 1 heterocycles. The van der Waals surface area contributed by atoms with Gasteiger partial charge in [-0.3, -0.25) is 4.57 Å². The van der Waals surface area contributed by atoms with E-state index in [0.29, 0.717) is 34.7 Å². The number of hydrogen-bond donors (Lipinski definition) is 2. The zero-order chi connectivity index (χ0) is 22.1. The Kier molecular flexibility index (Phi) is 5.88. The number of aromatic carboxylic acids is 1. The van der Waals surface area contributed by atoms with Crippen LogP contribution in [-0.2, 0) is 9.84 Å². The summed E-state index contributed by atoms with van der Waals surface area (Å²) in [4.78, 5) is 26.6. The Bertz CT molecular complexity index is 1260. The number of H-pyrrole nitrogens is 1. The number of carbonyl (C=O) groups is 1. The molecule has 1 atom stereocenters. The molecule has 9 nitrogen and oxygen atoms in total. The second kappa shape index (κ2) is 8.23. The fourth-order valence-electron chi connectivity index (χ4n) is 3.35. The normalized spacial score (nSPS) is 12.6. The molecule has 160 valence electrons. The highest BCUT2D eigenvalue weighted by molar-refractivity contribution is 7.90. The summed E-state index contributed by atoms with van der Waals surface area (Å²) < 4.78 is 36.5. The summed E-state index contributed by atoms with van der Waals surface area (Å²) in [5.74, 6) is -0.554. The molecule has 0 saturated heterocycles. The average Bonchev–Trinajstić information content (AvgIpc) is 3.00. The monoisotopic (exact) mass is 434 g/mol. The van der Waals surface area contributed by atoms with Gasteiger partial charge in [-0.1, -0.05) is 6.07 Å². The number of sulfone groups is 1. The van der Waals surface area contributed by atoms with Crippen LogP contribution in [0.2, 0.25) is 0 Å². The summed E-state index contributed by atoms with van der Waals surface area (Å²) >= 11 is 0. The second-order valence-electron chi connectivity index (χ2n) is 6.79. The minimum Gasteiger partial charge on any atom is -0.493 e. The Labute approximate surface area is 172 Å². The molecule has 0 bridgehead atoms. The summed E-state index contributed by atoms with van der Waals surface area (Å²) in [7, 11) is -1.99. The van der Waals surface area contributed by atoms with Crippen LogP contribution < -0.4 is 15.2 Å². The van der Waals surface area contributed by atoms with Crippen LogP contribution >= 0.6 is 0 Å². The molecule has 0 radical (unpaired) electrons. The largest absolute Gasteiger partial charge is 0.493 e. The highest BCUT2D eigenvalue weighted by Crippen LogP contribution is 2.33. The Morgan fingerprint density at radius 1 is 1.20 bits per heavy atom. The van der Waals surface area contributed by atoms with Crippen LogP contribution in [0, 0.1) is 0 Å². The average molecular weight is 434 g/mol. The Morgan fingerprint density at radius 2 is 1.93 bits per heavy atom. The van der Waals surface area contributed by atoms with E-state index in [0.717, 1.165) is 6.26 Å². The van der Waals surface area contributed by atoms with Crippen molar-refractivity contribution in [1.29, 1.82) is 0 Å². The van der Waals surface area contributed by atoms with Gasteiger partial charge < -0.3 is 19.6 Å². The number of rotatable bonds is 8. The van der Waals surface area contributed by atoms with Crippen LogP contribution in [0.4, 0.5) is 0 Å². The van der Waals surface area contributed by atoms with Gasteiger partial charge in [-0.05, 0) is 42.8 Å². The van der Waals surface area contributed by atoms with Gasteiger partial charge in [-0.25, -0.2) is 18.0 Å². The summed E-state index contributed by atoms with van der Waals surface area (Å²) in [6.45, 7) is 2.19. The topological polar surface area (TPSA) is 128 Å². The van der Waals surface area contributed by atoms with E-state index < -0.39 is 27.5 Å². The summed E-state index contributed by atoms with van der Waals surface area (Å²) in [6.07, 6.45) is 1.09. The molecule has 0 fully saturated rings. The van der Waals surface area contributed by atoms with Crippen molar-refractivity contribution in [1.82, 2.24) is 9.55 Å². The van der Waals surface area contributed by atoms with Crippen LogP contribution in [0.25, 0.3) is 11.0 Å². The third-order valence-corrected chi connectivity index (χ3v) is 5.53. The lowest BCUT2D eigenvalue weighted by Gasteiger charge is -2.20. The Morgan fingerprint density at radius 3 is 2.53 bits per heavy atom. The molecular weight excluding hydrogens is 412 g/mol. The van der Waals surface area contributed by atoms with Crippen molar-refractivity contribution in [2.45, 2.75) is 13.0 Å². The Hall–Kier alpha value is -3.27. The number of methoxy groups -OCH3 is 1. The maximum atomic E-state index is 12.8. The van der Waals surface area contributed by atoms with E-state index in [9.17, 15) is 23.1 Å². The minimum atomic E-state index is -3.49. The molecule has 30 heavy (non-hydrogen) atoms. The van der Waals surface area contributed by atoms with E-state index in [1.54, 1.807) is 18.2 Å². The summed E-state index contributed by atoms with van der Waals surface area (Å²) in [5.41, 5.74) is 0.702. The lowest BCUT2D eigenvalue weighted by atomic mass is 10.1. The number of aromatic nitrogens is 2. The smallest absolute Gasteiger partial charge is 0.335 e. The molecule has 0 aliphatic carbocycles.